The summed E-state index contributed by atoms with van der Waals surface area (Å²) in [5, 5.41) is 18.0. The highest BCUT2D eigenvalue weighted by molar-refractivity contribution is 9.10. The van der Waals surface area contributed by atoms with E-state index in [9.17, 15) is 13.5 Å². The first-order valence-electron chi connectivity index (χ1n) is 7.49. The van der Waals surface area contributed by atoms with E-state index in [-0.39, 0.29) is 21.4 Å². The van der Waals surface area contributed by atoms with Gasteiger partial charge in [0.2, 0.25) is 10.0 Å². The Kier molecular flexibility index (Phi) is 6.56. The third kappa shape index (κ3) is 4.58. The van der Waals surface area contributed by atoms with Crippen LogP contribution in [0.2, 0.25) is 5.02 Å². The average molecular weight is 447 g/mol. The van der Waals surface area contributed by atoms with Gasteiger partial charge < -0.3 is 5.11 Å². The lowest BCUT2D eigenvalue weighted by molar-refractivity contribution is 0.445. The minimum absolute atomic E-state index is 0.156. The third-order valence-corrected chi connectivity index (χ3v) is 6.27. The van der Waals surface area contributed by atoms with Gasteiger partial charge in [-0.05, 0) is 36.4 Å². The second-order valence-corrected chi connectivity index (χ2v) is 8.30. The number of rotatable bonds is 6. The van der Waals surface area contributed by atoms with E-state index in [1.165, 1.54) is 16.4 Å². The van der Waals surface area contributed by atoms with Crippen molar-refractivity contribution in [1.29, 1.82) is 0 Å². The molecule has 0 bridgehead atoms. The summed E-state index contributed by atoms with van der Waals surface area (Å²) in [6, 6.07) is 9.19. The van der Waals surface area contributed by atoms with E-state index in [1.807, 2.05) is 0 Å². The fraction of sp³-hybridized carbons (Fsp3) is 0.250. The molecule has 6 nitrogen and oxygen atoms in total. The van der Waals surface area contributed by atoms with Gasteiger partial charge in [-0.1, -0.05) is 41.4 Å². The molecule has 134 valence electrons. The number of phenolic OH excluding ortho intramolecular Hbond substituents is 1. The Morgan fingerprint density at radius 1 is 1.12 bits per heavy atom. The predicted molar refractivity (Wildman–Crippen MR) is 102 cm³/mol. The first-order valence-corrected chi connectivity index (χ1v) is 10.1. The number of hydrogen-bond acceptors (Lipinski definition) is 5. The summed E-state index contributed by atoms with van der Waals surface area (Å²) in [4.78, 5) is 0.198. The molecule has 0 unspecified atom stereocenters. The largest absolute Gasteiger partial charge is 0.504 e. The third-order valence-electron chi connectivity index (χ3n) is 3.46. The van der Waals surface area contributed by atoms with Gasteiger partial charge in [-0.2, -0.15) is 9.42 Å². The minimum Gasteiger partial charge on any atom is -0.504 e. The minimum atomic E-state index is -3.51. The van der Waals surface area contributed by atoms with Crippen LogP contribution < -0.4 is 0 Å². The average Bonchev–Trinajstić information content (AvgIpc) is 2.58. The topological polar surface area (TPSA) is 82.3 Å². The van der Waals surface area contributed by atoms with Gasteiger partial charge in [-0.15, -0.1) is 5.11 Å². The molecule has 9 heteroatoms. The van der Waals surface area contributed by atoms with Gasteiger partial charge in [0, 0.05) is 17.6 Å². The van der Waals surface area contributed by atoms with Crippen molar-refractivity contribution in [3.8, 4) is 5.75 Å². The molecule has 0 fully saturated rings. The van der Waals surface area contributed by atoms with Crippen LogP contribution in [-0.2, 0) is 10.0 Å². The summed E-state index contributed by atoms with van der Waals surface area (Å²) < 4.78 is 26.9. The fourth-order valence-electron chi connectivity index (χ4n) is 2.14. The molecule has 0 aliphatic rings. The Bertz CT molecular complexity index is 882. The van der Waals surface area contributed by atoms with Gasteiger partial charge in [-0.25, -0.2) is 8.42 Å². The first kappa shape index (κ1) is 19.8. The SMILES string of the molecule is CCN(CC)S(=O)(=O)c1ccc(N=Nc2cc(Br)cc(Cl)c2O)cc1. The van der Waals surface area contributed by atoms with Crippen molar-refractivity contribution in [2.24, 2.45) is 10.2 Å². The fourth-order valence-corrected chi connectivity index (χ4v) is 4.39. The van der Waals surface area contributed by atoms with Crippen molar-refractivity contribution < 1.29 is 13.5 Å². The van der Waals surface area contributed by atoms with E-state index in [2.05, 4.69) is 26.2 Å². The highest BCUT2D eigenvalue weighted by Crippen LogP contribution is 2.37. The van der Waals surface area contributed by atoms with Crippen LogP contribution in [0.25, 0.3) is 0 Å². The van der Waals surface area contributed by atoms with Gasteiger partial charge in [0.15, 0.2) is 5.75 Å². The summed E-state index contributed by atoms with van der Waals surface area (Å²) in [7, 11) is -3.51. The van der Waals surface area contributed by atoms with E-state index in [1.54, 1.807) is 38.1 Å². The summed E-state index contributed by atoms with van der Waals surface area (Å²) in [6.45, 7) is 4.39. The van der Waals surface area contributed by atoms with E-state index in [4.69, 9.17) is 11.6 Å². The van der Waals surface area contributed by atoms with Crippen molar-refractivity contribution in [2.75, 3.05) is 13.1 Å². The molecule has 0 aromatic heterocycles. The van der Waals surface area contributed by atoms with Gasteiger partial charge >= 0.3 is 0 Å². The molecule has 2 aromatic carbocycles. The molecule has 2 rings (SSSR count). The first-order chi connectivity index (χ1) is 11.8. The van der Waals surface area contributed by atoms with Crippen LogP contribution in [0.5, 0.6) is 5.75 Å². The van der Waals surface area contributed by atoms with Gasteiger partial charge in [0.25, 0.3) is 0 Å². The zero-order chi connectivity index (χ0) is 18.6. The number of hydrogen-bond donors (Lipinski definition) is 1. The normalized spacial score (nSPS) is 12.2. The second kappa shape index (κ2) is 8.27. The van der Waals surface area contributed by atoms with E-state index in [0.717, 1.165) is 0 Å². The molecular formula is C16H17BrClN3O3S. The van der Waals surface area contributed by atoms with E-state index < -0.39 is 10.0 Å². The molecule has 0 aliphatic heterocycles. The molecule has 1 N–H and O–H groups in total. The molecule has 0 saturated carbocycles. The van der Waals surface area contributed by atoms with Crippen LogP contribution >= 0.6 is 27.5 Å². The Morgan fingerprint density at radius 2 is 1.72 bits per heavy atom. The van der Waals surface area contributed by atoms with Crippen LogP contribution in [0.3, 0.4) is 0 Å². The molecule has 0 heterocycles. The molecule has 0 aliphatic carbocycles. The Morgan fingerprint density at radius 3 is 2.28 bits per heavy atom. The molecule has 0 spiro atoms. The number of aromatic hydroxyl groups is 1. The lowest BCUT2D eigenvalue weighted by Gasteiger charge is -2.18. The van der Waals surface area contributed by atoms with Crippen LogP contribution in [-0.4, -0.2) is 30.9 Å². The Hall–Kier alpha value is -1.48. The maximum atomic E-state index is 12.4. The van der Waals surface area contributed by atoms with Crippen molar-refractivity contribution in [2.45, 2.75) is 18.7 Å². The summed E-state index contributed by atoms with van der Waals surface area (Å²) in [5.41, 5.74) is 0.660. The molecule has 0 amide bonds. The quantitative estimate of drug-likeness (QED) is 0.615. The lowest BCUT2D eigenvalue weighted by atomic mass is 10.3. The number of sulfonamides is 1. The zero-order valence-electron chi connectivity index (χ0n) is 13.6. The molecule has 25 heavy (non-hydrogen) atoms. The predicted octanol–water partition coefficient (Wildman–Crippen LogP) is 5.25. The van der Waals surface area contributed by atoms with Crippen molar-refractivity contribution in [3.05, 3.63) is 45.9 Å². The smallest absolute Gasteiger partial charge is 0.243 e. The molecule has 2 aromatic rings. The highest BCUT2D eigenvalue weighted by atomic mass is 79.9. The number of azo groups is 1. The van der Waals surface area contributed by atoms with Crippen LogP contribution in [0.15, 0.2) is 56.0 Å². The van der Waals surface area contributed by atoms with Gasteiger partial charge in [0.05, 0.1) is 15.6 Å². The molecule has 0 radical (unpaired) electrons. The van der Waals surface area contributed by atoms with Crippen LogP contribution in [0.1, 0.15) is 13.8 Å². The molecular weight excluding hydrogens is 430 g/mol. The zero-order valence-corrected chi connectivity index (χ0v) is 16.8. The summed E-state index contributed by atoms with van der Waals surface area (Å²) in [6.07, 6.45) is 0. The van der Waals surface area contributed by atoms with Crippen molar-refractivity contribution in [3.63, 3.8) is 0 Å². The van der Waals surface area contributed by atoms with Crippen molar-refractivity contribution in [1.82, 2.24) is 4.31 Å². The summed E-state index contributed by atoms with van der Waals surface area (Å²) in [5.74, 6) is -0.172. The highest BCUT2D eigenvalue weighted by Gasteiger charge is 2.21. The lowest BCUT2D eigenvalue weighted by Crippen LogP contribution is -2.30. The van der Waals surface area contributed by atoms with Crippen LogP contribution in [0, 0.1) is 0 Å². The standard InChI is InChI=1S/C16H17BrClN3O3S/c1-3-21(4-2)25(23,24)13-7-5-12(6-8-13)19-20-15-10-11(17)9-14(18)16(15)22/h5-10,22H,3-4H2,1-2H3. The number of benzene rings is 2. The monoisotopic (exact) mass is 445 g/mol. The van der Waals surface area contributed by atoms with Crippen LogP contribution in [0.4, 0.5) is 11.4 Å². The number of phenols is 1. The maximum absolute atomic E-state index is 12.4. The maximum Gasteiger partial charge on any atom is 0.243 e. The van der Waals surface area contributed by atoms with Gasteiger partial charge in [-0.3, -0.25) is 0 Å². The van der Waals surface area contributed by atoms with E-state index >= 15 is 0 Å². The number of halogens is 2. The Labute approximate surface area is 160 Å². The number of nitrogens with zero attached hydrogens (tertiary/aromatic N) is 3. The van der Waals surface area contributed by atoms with E-state index in [0.29, 0.717) is 23.2 Å². The van der Waals surface area contributed by atoms with Crippen molar-refractivity contribution >= 4 is 48.9 Å². The second-order valence-electron chi connectivity index (χ2n) is 5.04. The Balaban J connectivity index is 2.27. The molecule has 0 atom stereocenters. The molecule has 0 saturated heterocycles. The summed E-state index contributed by atoms with van der Waals surface area (Å²) >= 11 is 9.14. The van der Waals surface area contributed by atoms with Gasteiger partial charge in [0.1, 0.15) is 5.69 Å².